The lowest BCUT2D eigenvalue weighted by Gasteiger charge is -2.14. The predicted octanol–water partition coefficient (Wildman–Crippen LogP) is 2.24. The van der Waals surface area contributed by atoms with Crippen LogP contribution in [0.1, 0.15) is 10.5 Å². The van der Waals surface area contributed by atoms with Crippen molar-refractivity contribution >= 4 is 21.8 Å². The summed E-state index contributed by atoms with van der Waals surface area (Å²) in [4.78, 5) is 16.9. The van der Waals surface area contributed by atoms with Crippen molar-refractivity contribution in [1.82, 2.24) is 9.88 Å². The SMILES string of the molecule is C=CCN(C)C(=O)c1ccc(F)c(Br)n1. The summed E-state index contributed by atoms with van der Waals surface area (Å²) >= 11 is 2.93. The van der Waals surface area contributed by atoms with Crippen LogP contribution in [0.2, 0.25) is 0 Å². The van der Waals surface area contributed by atoms with Crippen LogP contribution in [0.5, 0.6) is 0 Å². The minimum atomic E-state index is -0.488. The molecule has 1 rings (SSSR count). The van der Waals surface area contributed by atoms with Gasteiger partial charge >= 0.3 is 0 Å². The number of rotatable bonds is 3. The fraction of sp³-hybridized carbons (Fsp3) is 0.200. The molecule has 0 unspecified atom stereocenters. The number of hydrogen-bond acceptors (Lipinski definition) is 2. The zero-order chi connectivity index (χ0) is 11.4. The van der Waals surface area contributed by atoms with Crippen LogP contribution in [-0.2, 0) is 0 Å². The van der Waals surface area contributed by atoms with E-state index in [2.05, 4.69) is 27.5 Å². The molecular formula is C10H10BrFN2O. The van der Waals surface area contributed by atoms with E-state index in [0.29, 0.717) is 6.54 Å². The van der Waals surface area contributed by atoms with Crippen molar-refractivity contribution in [2.75, 3.05) is 13.6 Å². The second-order valence-corrected chi connectivity index (χ2v) is 3.69. The second kappa shape index (κ2) is 5.02. The second-order valence-electron chi connectivity index (χ2n) is 2.94. The molecule has 0 aliphatic carbocycles. The third kappa shape index (κ3) is 2.86. The van der Waals surface area contributed by atoms with Crippen LogP contribution in [0.4, 0.5) is 4.39 Å². The van der Waals surface area contributed by atoms with Crippen LogP contribution in [0.25, 0.3) is 0 Å². The minimum Gasteiger partial charge on any atom is -0.337 e. The lowest BCUT2D eigenvalue weighted by Crippen LogP contribution is -2.27. The Morgan fingerprint density at radius 3 is 2.93 bits per heavy atom. The number of aromatic nitrogens is 1. The van der Waals surface area contributed by atoms with Crippen LogP contribution >= 0.6 is 15.9 Å². The van der Waals surface area contributed by atoms with Crippen LogP contribution in [0.15, 0.2) is 29.4 Å². The molecule has 0 saturated heterocycles. The minimum absolute atomic E-state index is 0.0420. The largest absolute Gasteiger partial charge is 0.337 e. The van der Waals surface area contributed by atoms with Gasteiger partial charge in [-0.15, -0.1) is 6.58 Å². The molecule has 5 heteroatoms. The maximum Gasteiger partial charge on any atom is 0.272 e. The van der Waals surface area contributed by atoms with Gasteiger partial charge in [0.1, 0.15) is 10.3 Å². The van der Waals surface area contributed by atoms with Gasteiger partial charge in [-0.3, -0.25) is 4.79 Å². The Hall–Kier alpha value is -1.23. The van der Waals surface area contributed by atoms with Crippen molar-refractivity contribution in [2.45, 2.75) is 0 Å². The van der Waals surface area contributed by atoms with Gasteiger partial charge in [-0.1, -0.05) is 6.08 Å². The van der Waals surface area contributed by atoms with Crippen LogP contribution in [0, 0.1) is 5.82 Å². The van der Waals surface area contributed by atoms with Crippen molar-refractivity contribution in [3.8, 4) is 0 Å². The zero-order valence-corrected chi connectivity index (χ0v) is 9.79. The number of carbonyl (C=O) groups excluding carboxylic acids is 1. The predicted molar refractivity (Wildman–Crippen MR) is 59.1 cm³/mol. The van der Waals surface area contributed by atoms with Crippen LogP contribution < -0.4 is 0 Å². The van der Waals surface area contributed by atoms with Gasteiger partial charge in [0.25, 0.3) is 5.91 Å². The van der Waals surface area contributed by atoms with Crippen molar-refractivity contribution in [1.29, 1.82) is 0 Å². The number of hydrogen-bond donors (Lipinski definition) is 0. The van der Waals surface area contributed by atoms with Gasteiger partial charge in [0.05, 0.1) is 0 Å². The Morgan fingerprint density at radius 1 is 1.73 bits per heavy atom. The first kappa shape index (κ1) is 11.8. The molecule has 0 spiro atoms. The lowest BCUT2D eigenvalue weighted by atomic mass is 10.3. The topological polar surface area (TPSA) is 33.2 Å². The first-order chi connectivity index (χ1) is 7.06. The Morgan fingerprint density at radius 2 is 2.40 bits per heavy atom. The number of pyridine rings is 1. The monoisotopic (exact) mass is 272 g/mol. The first-order valence-corrected chi connectivity index (χ1v) is 5.04. The van der Waals surface area contributed by atoms with Crippen LogP contribution in [0.3, 0.4) is 0 Å². The molecule has 0 aliphatic rings. The van der Waals surface area contributed by atoms with E-state index in [0.717, 1.165) is 0 Å². The van der Waals surface area contributed by atoms with Gasteiger partial charge < -0.3 is 4.90 Å². The highest BCUT2D eigenvalue weighted by molar-refractivity contribution is 9.10. The summed E-state index contributed by atoms with van der Waals surface area (Å²) in [6.45, 7) is 3.95. The summed E-state index contributed by atoms with van der Waals surface area (Å²) < 4.78 is 12.9. The van der Waals surface area contributed by atoms with Crippen molar-refractivity contribution in [2.24, 2.45) is 0 Å². The molecule has 1 aromatic rings. The number of likely N-dealkylation sites (N-methyl/N-ethyl adjacent to an activating group) is 1. The molecular weight excluding hydrogens is 263 g/mol. The average Bonchev–Trinajstić information content (AvgIpc) is 2.21. The Balaban J connectivity index is 2.91. The van der Waals surface area contributed by atoms with Crippen LogP contribution in [-0.4, -0.2) is 29.4 Å². The molecule has 0 bridgehead atoms. The smallest absolute Gasteiger partial charge is 0.272 e. The Kier molecular flexibility index (Phi) is 3.96. The van der Waals surface area contributed by atoms with Gasteiger partial charge in [-0.25, -0.2) is 9.37 Å². The maximum atomic E-state index is 12.9. The van der Waals surface area contributed by atoms with E-state index < -0.39 is 5.82 Å². The fourth-order valence-corrected chi connectivity index (χ4v) is 1.33. The average molecular weight is 273 g/mol. The Labute approximate surface area is 95.7 Å². The van der Waals surface area contributed by atoms with Crippen molar-refractivity contribution in [3.05, 3.63) is 40.9 Å². The third-order valence-corrected chi connectivity index (χ3v) is 2.33. The van der Waals surface area contributed by atoms with Gasteiger partial charge in [-0.05, 0) is 28.1 Å². The number of nitrogens with zero attached hydrogens (tertiary/aromatic N) is 2. The van der Waals surface area contributed by atoms with Gasteiger partial charge in [-0.2, -0.15) is 0 Å². The molecule has 0 saturated carbocycles. The van der Waals surface area contributed by atoms with E-state index >= 15 is 0 Å². The number of halogens is 2. The quantitative estimate of drug-likeness (QED) is 0.625. The molecule has 80 valence electrons. The van der Waals surface area contributed by atoms with Gasteiger partial charge in [0, 0.05) is 13.6 Å². The molecule has 3 nitrogen and oxygen atoms in total. The molecule has 1 heterocycles. The standard InChI is InChI=1S/C10H10BrFN2O/c1-3-6-14(2)10(15)8-5-4-7(12)9(11)13-8/h3-5H,1,6H2,2H3. The summed E-state index contributed by atoms with van der Waals surface area (Å²) in [5.41, 5.74) is 0.202. The Bertz CT molecular complexity index is 395. The van der Waals surface area contributed by atoms with Crippen molar-refractivity contribution in [3.63, 3.8) is 0 Å². The van der Waals surface area contributed by atoms with E-state index in [9.17, 15) is 9.18 Å². The van der Waals surface area contributed by atoms with E-state index in [-0.39, 0.29) is 16.2 Å². The molecule has 1 amide bonds. The first-order valence-electron chi connectivity index (χ1n) is 4.24. The normalized spacial score (nSPS) is 9.80. The number of amides is 1. The molecule has 0 atom stereocenters. The summed E-state index contributed by atoms with van der Waals surface area (Å²) in [5, 5.41) is 0. The summed E-state index contributed by atoms with van der Waals surface area (Å²) in [5.74, 6) is -0.756. The van der Waals surface area contributed by atoms with E-state index in [1.54, 1.807) is 13.1 Å². The third-order valence-electron chi connectivity index (χ3n) is 1.77. The highest BCUT2D eigenvalue weighted by Crippen LogP contribution is 2.13. The highest BCUT2D eigenvalue weighted by atomic mass is 79.9. The van der Waals surface area contributed by atoms with E-state index in [4.69, 9.17) is 0 Å². The molecule has 1 aromatic heterocycles. The van der Waals surface area contributed by atoms with Gasteiger partial charge in [0.15, 0.2) is 5.82 Å². The van der Waals surface area contributed by atoms with Gasteiger partial charge in [0.2, 0.25) is 0 Å². The molecule has 0 radical (unpaired) electrons. The number of carbonyl (C=O) groups is 1. The maximum absolute atomic E-state index is 12.9. The molecule has 0 aromatic carbocycles. The summed E-state index contributed by atoms with van der Waals surface area (Å²) in [6, 6.07) is 2.55. The zero-order valence-electron chi connectivity index (χ0n) is 8.20. The molecule has 15 heavy (non-hydrogen) atoms. The fourth-order valence-electron chi connectivity index (χ4n) is 1.01. The van der Waals surface area contributed by atoms with E-state index in [1.807, 2.05) is 0 Å². The summed E-state index contributed by atoms with van der Waals surface area (Å²) in [6.07, 6.45) is 1.61. The molecule has 0 N–H and O–H groups in total. The summed E-state index contributed by atoms with van der Waals surface area (Å²) in [7, 11) is 1.63. The lowest BCUT2D eigenvalue weighted by molar-refractivity contribution is 0.0804. The van der Waals surface area contributed by atoms with E-state index in [1.165, 1.54) is 17.0 Å². The highest BCUT2D eigenvalue weighted by Gasteiger charge is 2.13. The van der Waals surface area contributed by atoms with Crippen molar-refractivity contribution < 1.29 is 9.18 Å². The molecule has 0 fully saturated rings. The molecule has 0 aliphatic heterocycles.